The van der Waals surface area contributed by atoms with E-state index in [-0.39, 0.29) is 5.54 Å². The van der Waals surface area contributed by atoms with Gasteiger partial charge in [-0.15, -0.1) is 0 Å². The summed E-state index contributed by atoms with van der Waals surface area (Å²) in [5.41, 5.74) is 4.34. The summed E-state index contributed by atoms with van der Waals surface area (Å²) < 4.78 is 0. The van der Waals surface area contributed by atoms with E-state index in [1.165, 1.54) is 36.8 Å². The van der Waals surface area contributed by atoms with Gasteiger partial charge in [-0.3, -0.25) is 4.98 Å². The standard InChI is InChI=1S/C17H22N2/c1-17(9-2-3-11-19-17)16-8-4-6-14(12-16)15-7-5-10-18-13-15/h5-7,10,12-13,19H,2-4,8-9,11H2,1H3/t17-/m0/s1. The fraction of sp³-hybridized carbons (Fsp3) is 0.471. The van der Waals surface area contributed by atoms with Gasteiger partial charge in [0.1, 0.15) is 0 Å². The molecule has 100 valence electrons. The number of allylic oxidation sites excluding steroid dienone is 3. The number of hydrogen-bond acceptors (Lipinski definition) is 2. The summed E-state index contributed by atoms with van der Waals surface area (Å²) >= 11 is 0. The van der Waals surface area contributed by atoms with E-state index in [0.29, 0.717) is 0 Å². The molecule has 0 bridgehead atoms. The topological polar surface area (TPSA) is 24.9 Å². The molecule has 1 N–H and O–H groups in total. The van der Waals surface area contributed by atoms with Gasteiger partial charge < -0.3 is 5.32 Å². The molecule has 1 aliphatic carbocycles. The zero-order chi connectivity index (χ0) is 13.1. The zero-order valence-corrected chi connectivity index (χ0v) is 11.7. The molecule has 2 heteroatoms. The number of aromatic nitrogens is 1. The predicted octanol–water partition coefficient (Wildman–Crippen LogP) is 3.72. The van der Waals surface area contributed by atoms with E-state index < -0.39 is 0 Å². The molecule has 3 rings (SSSR count). The van der Waals surface area contributed by atoms with Gasteiger partial charge in [-0.25, -0.2) is 0 Å². The lowest BCUT2D eigenvalue weighted by molar-refractivity contribution is 0.316. The van der Waals surface area contributed by atoms with Gasteiger partial charge in [-0.2, -0.15) is 0 Å². The van der Waals surface area contributed by atoms with Crippen LogP contribution in [0.25, 0.3) is 5.57 Å². The van der Waals surface area contributed by atoms with Crippen molar-refractivity contribution in [1.82, 2.24) is 10.3 Å². The molecule has 0 amide bonds. The summed E-state index contributed by atoms with van der Waals surface area (Å²) in [4.78, 5) is 4.23. The first kappa shape index (κ1) is 12.6. The van der Waals surface area contributed by atoms with Crippen molar-refractivity contribution < 1.29 is 0 Å². The van der Waals surface area contributed by atoms with Crippen LogP contribution in [0.1, 0.15) is 44.6 Å². The number of nitrogens with zero attached hydrogens (tertiary/aromatic N) is 1. The molecule has 0 unspecified atom stereocenters. The third-order valence-electron chi connectivity index (χ3n) is 4.43. The van der Waals surface area contributed by atoms with Crippen LogP contribution < -0.4 is 5.32 Å². The first-order valence-corrected chi connectivity index (χ1v) is 7.35. The molecule has 0 spiro atoms. The maximum Gasteiger partial charge on any atom is 0.0368 e. The lowest BCUT2D eigenvalue weighted by Gasteiger charge is -2.38. The number of rotatable bonds is 2. The Morgan fingerprint density at radius 3 is 3.00 bits per heavy atom. The van der Waals surface area contributed by atoms with E-state index in [9.17, 15) is 0 Å². The highest BCUT2D eigenvalue weighted by atomic mass is 15.0. The number of nitrogens with one attached hydrogen (secondary N) is 1. The monoisotopic (exact) mass is 254 g/mol. The first-order valence-electron chi connectivity index (χ1n) is 7.35. The van der Waals surface area contributed by atoms with Crippen LogP contribution in [0.2, 0.25) is 0 Å². The fourth-order valence-electron chi connectivity index (χ4n) is 3.20. The maximum absolute atomic E-state index is 4.23. The molecule has 1 aromatic rings. The van der Waals surface area contributed by atoms with E-state index in [1.54, 1.807) is 5.57 Å². The van der Waals surface area contributed by atoms with E-state index in [0.717, 1.165) is 13.0 Å². The third-order valence-corrected chi connectivity index (χ3v) is 4.43. The Hall–Kier alpha value is -1.41. The normalized spacial score (nSPS) is 27.6. The second kappa shape index (κ2) is 5.30. The summed E-state index contributed by atoms with van der Waals surface area (Å²) in [5.74, 6) is 0. The summed E-state index contributed by atoms with van der Waals surface area (Å²) in [6.07, 6.45) is 14.8. The Morgan fingerprint density at radius 1 is 1.32 bits per heavy atom. The Bertz CT molecular complexity index is 493. The van der Waals surface area contributed by atoms with E-state index in [2.05, 4.69) is 35.4 Å². The van der Waals surface area contributed by atoms with Crippen molar-refractivity contribution in [2.75, 3.05) is 6.54 Å². The van der Waals surface area contributed by atoms with Gasteiger partial charge in [0.05, 0.1) is 0 Å². The van der Waals surface area contributed by atoms with E-state index >= 15 is 0 Å². The molecular formula is C17H22N2. The number of hydrogen-bond donors (Lipinski definition) is 1. The van der Waals surface area contributed by atoms with Crippen LogP contribution in [0.15, 0.2) is 42.3 Å². The third kappa shape index (κ3) is 2.64. The highest BCUT2D eigenvalue weighted by Gasteiger charge is 2.30. The molecule has 2 heterocycles. The molecular weight excluding hydrogens is 232 g/mol. The van der Waals surface area contributed by atoms with Crippen LogP contribution in [-0.2, 0) is 0 Å². The molecule has 0 saturated carbocycles. The number of pyridine rings is 1. The molecule has 1 aromatic heterocycles. The Morgan fingerprint density at radius 2 is 2.26 bits per heavy atom. The molecule has 1 aliphatic heterocycles. The molecule has 1 saturated heterocycles. The van der Waals surface area contributed by atoms with Crippen molar-refractivity contribution in [2.24, 2.45) is 0 Å². The summed E-state index contributed by atoms with van der Waals surface area (Å²) in [6, 6.07) is 4.16. The lowest BCUT2D eigenvalue weighted by Crippen LogP contribution is -2.47. The maximum atomic E-state index is 4.23. The quantitative estimate of drug-likeness (QED) is 0.870. The lowest BCUT2D eigenvalue weighted by atomic mass is 9.78. The molecule has 19 heavy (non-hydrogen) atoms. The Labute approximate surface area is 115 Å². The van der Waals surface area contributed by atoms with Crippen LogP contribution in [0.4, 0.5) is 0 Å². The number of piperidine rings is 1. The van der Waals surface area contributed by atoms with Gasteiger partial charge in [-0.05, 0) is 61.9 Å². The SMILES string of the molecule is C[C@@]1(C2=CC(c3cccnc3)=CCC2)CCCCN1. The summed E-state index contributed by atoms with van der Waals surface area (Å²) in [7, 11) is 0. The molecule has 2 nitrogen and oxygen atoms in total. The van der Waals surface area contributed by atoms with Crippen molar-refractivity contribution in [3.8, 4) is 0 Å². The van der Waals surface area contributed by atoms with Crippen molar-refractivity contribution in [3.63, 3.8) is 0 Å². The minimum atomic E-state index is 0.208. The Balaban J connectivity index is 1.87. The van der Waals surface area contributed by atoms with Gasteiger partial charge in [0.15, 0.2) is 0 Å². The molecule has 2 aliphatic rings. The van der Waals surface area contributed by atoms with Crippen molar-refractivity contribution in [3.05, 3.63) is 47.8 Å². The van der Waals surface area contributed by atoms with Gasteiger partial charge >= 0.3 is 0 Å². The average molecular weight is 254 g/mol. The molecule has 1 fully saturated rings. The smallest absolute Gasteiger partial charge is 0.0368 e. The zero-order valence-electron chi connectivity index (χ0n) is 11.7. The van der Waals surface area contributed by atoms with Gasteiger partial charge in [0.25, 0.3) is 0 Å². The fourth-order valence-corrected chi connectivity index (χ4v) is 3.20. The van der Waals surface area contributed by atoms with Crippen LogP contribution in [0, 0.1) is 0 Å². The minimum Gasteiger partial charge on any atom is -0.308 e. The highest BCUT2D eigenvalue weighted by molar-refractivity contribution is 5.75. The summed E-state index contributed by atoms with van der Waals surface area (Å²) in [5, 5.41) is 3.73. The van der Waals surface area contributed by atoms with Crippen molar-refractivity contribution >= 4 is 5.57 Å². The van der Waals surface area contributed by atoms with Gasteiger partial charge in [-0.1, -0.05) is 24.6 Å². The first-order chi connectivity index (χ1) is 9.28. The van der Waals surface area contributed by atoms with Gasteiger partial charge in [0, 0.05) is 17.9 Å². The second-order valence-electron chi connectivity index (χ2n) is 5.83. The van der Waals surface area contributed by atoms with E-state index in [1.807, 2.05) is 18.5 Å². The minimum absolute atomic E-state index is 0.208. The van der Waals surface area contributed by atoms with Crippen LogP contribution in [0.5, 0.6) is 0 Å². The molecule has 0 aromatic carbocycles. The average Bonchev–Trinajstić information content (AvgIpc) is 2.49. The second-order valence-corrected chi connectivity index (χ2v) is 5.83. The summed E-state index contributed by atoms with van der Waals surface area (Å²) in [6.45, 7) is 3.52. The van der Waals surface area contributed by atoms with E-state index in [4.69, 9.17) is 0 Å². The largest absolute Gasteiger partial charge is 0.308 e. The Kier molecular flexibility index (Phi) is 3.52. The van der Waals surface area contributed by atoms with Gasteiger partial charge in [0.2, 0.25) is 0 Å². The van der Waals surface area contributed by atoms with Crippen LogP contribution in [-0.4, -0.2) is 17.1 Å². The highest BCUT2D eigenvalue weighted by Crippen LogP contribution is 2.35. The van der Waals surface area contributed by atoms with Crippen LogP contribution in [0.3, 0.4) is 0 Å². The molecule has 1 atom stereocenters. The molecule has 0 radical (unpaired) electrons. The van der Waals surface area contributed by atoms with Crippen molar-refractivity contribution in [1.29, 1.82) is 0 Å². The van der Waals surface area contributed by atoms with Crippen molar-refractivity contribution in [2.45, 2.75) is 44.6 Å². The predicted molar refractivity (Wildman–Crippen MR) is 79.8 cm³/mol. The van der Waals surface area contributed by atoms with Crippen LogP contribution >= 0.6 is 0 Å².